The van der Waals surface area contributed by atoms with E-state index >= 15 is 0 Å². The van der Waals surface area contributed by atoms with Crippen LogP contribution in [0.5, 0.6) is 0 Å². The molecule has 1 aromatic heterocycles. The summed E-state index contributed by atoms with van der Waals surface area (Å²) in [4.78, 5) is 11.3. The molecular weight excluding hydrogens is 289 g/mol. The minimum Gasteiger partial charge on any atom is -0.313 e. The van der Waals surface area contributed by atoms with Gasteiger partial charge >= 0.3 is 6.18 Å². The second-order valence-electron chi connectivity index (χ2n) is 3.17. The predicted octanol–water partition coefficient (Wildman–Crippen LogP) is 1.76. The van der Waals surface area contributed by atoms with Crippen molar-refractivity contribution in [1.82, 2.24) is 9.88 Å². The minimum atomic E-state index is -4.22. The second kappa shape index (κ2) is 5.49. The molecule has 7 heteroatoms. The lowest BCUT2D eigenvalue weighted by Gasteiger charge is -2.09. The quantitative estimate of drug-likeness (QED) is 0.860. The van der Waals surface area contributed by atoms with Crippen LogP contribution in [0.25, 0.3) is 0 Å². The number of pyridine rings is 1. The summed E-state index contributed by atoms with van der Waals surface area (Å²) in [6, 6.07) is 2.94. The van der Waals surface area contributed by atoms with Gasteiger partial charge in [0.2, 0.25) is 0 Å². The SMILES string of the molecule is O=c1ccc(Br)cn1CCNCC(F)(F)F. The monoisotopic (exact) mass is 298 g/mol. The van der Waals surface area contributed by atoms with Crippen molar-refractivity contribution < 1.29 is 13.2 Å². The van der Waals surface area contributed by atoms with Crippen molar-refractivity contribution >= 4 is 15.9 Å². The number of alkyl halides is 3. The molecule has 90 valence electrons. The molecule has 0 amide bonds. The molecule has 0 unspecified atom stereocenters. The number of aromatic nitrogens is 1. The van der Waals surface area contributed by atoms with E-state index in [2.05, 4.69) is 21.2 Å². The van der Waals surface area contributed by atoms with Crippen LogP contribution in [0.3, 0.4) is 0 Å². The van der Waals surface area contributed by atoms with E-state index in [0.29, 0.717) is 4.47 Å². The zero-order valence-corrected chi connectivity index (χ0v) is 9.81. The van der Waals surface area contributed by atoms with Crippen molar-refractivity contribution in [3.8, 4) is 0 Å². The molecular formula is C9H10BrF3N2O. The Morgan fingerprint density at radius 3 is 2.69 bits per heavy atom. The summed E-state index contributed by atoms with van der Waals surface area (Å²) in [5.74, 6) is 0. The molecule has 0 fully saturated rings. The summed E-state index contributed by atoms with van der Waals surface area (Å²) in [6.45, 7) is -0.750. The van der Waals surface area contributed by atoms with Gasteiger partial charge in [-0.2, -0.15) is 13.2 Å². The number of halogens is 4. The number of nitrogens with one attached hydrogen (secondary N) is 1. The number of rotatable bonds is 4. The van der Waals surface area contributed by atoms with E-state index < -0.39 is 12.7 Å². The van der Waals surface area contributed by atoms with E-state index in [1.807, 2.05) is 0 Å². The van der Waals surface area contributed by atoms with E-state index in [1.165, 1.54) is 16.8 Å². The summed E-state index contributed by atoms with van der Waals surface area (Å²) in [5, 5.41) is 2.22. The van der Waals surface area contributed by atoms with Gasteiger partial charge in [0.15, 0.2) is 0 Å². The van der Waals surface area contributed by atoms with Crippen molar-refractivity contribution in [2.75, 3.05) is 13.1 Å². The molecule has 1 rings (SSSR count). The highest BCUT2D eigenvalue weighted by Gasteiger charge is 2.25. The Morgan fingerprint density at radius 2 is 2.06 bits per heavy atom. The molecule has 3 nitrogen and oxygen atoms in total. The lowest BCUT2D eigenvalue weighted by molar-refractivity contribution is -0.124. The van der Waals surface area contributed by atoms with Gasteiger partial charge in [-0.3, -0.25) is 4.79 Å². The Balaban J connectivity index is 2.43. The zero-order chi connectivity index (χ0) is 12.2. The average Bonchev–Trinajstić information content (AvgIpc) is 2.16. The van der Waals surface area contributed by atoms with Crippen LogP contribution in [-0.2, 0) is 6.54 Å². The molecule has 0 radical (unpaired) electrons. The summed E-state index contributed by atoms with van der Waals surface area (Å²) in [7, 11) is 0. The normalized spacial score (nSPS) is 11.8. The Bertz CT molecular complexity index is 402. The van der Waals surface area contributed by atoms with Crippen molar-refractivity contribution in [3.05, 3.63) is 33.2 Å². The molecule has 1 N–H and O–H groups in total. The lowest BCUT2D eigenvalue weighted by Crippen LogP contribution is -2.33. The number of hydrogen-bond donors (Lipinski definition) is 1. The third-order valence-electron chi connectivity index (χ3n) is 1.80. The van der Waals surface area contributed by atoms with E-state index in [1.54, 1.807) is 6.07 Å². The van der Waals surface area contributed by atoms with Gasteiger partial charge in [0, 0.05) is 29.8 Å². The topological polar surface area (TPSA) is 34.0 Å². The van der Waals surface area contributed by atoms with E-state index in [-0.39, 0.29) is 18.6 Å². The summed E-state index contributed by atoms with van der Waals surface area (Å²) >= 11 is 3.18. The molecule has 0 atom stereocenters. The van der Waals surface area contributed by atoms with Crippen LogP contribution in [0, 0.1) is 0 Å². The van der Waals surface area contributed by atoms with Crippen LogP contribution >= 0.6 is 15.9 Å². The van der Waals surface area contributed by atoms with Crippen molar-refractivity contribution in [3.63, 3.8) is 0 Å². The molecule has 0 aliphatic heterocycles. The average molecular weight is 299 g/mol. The van der Waals surface area contributed by atoms with Crippen molar-refractivity contribution in [2.24, 2.45) is 0 Å². The Morgan fingerprint density at radius 1 is 1.38 bits per heavy atom. The van der Waals surface area contributed by atoms with E-state index in [4.69, 9.17) is 0 Å². The fourth-order valence-electron chi connectivity index (χ4n) is 1.11. The molecule has 16 heavy (non-hydrogen) atoms. The van der Waals surface area contributed by atoms with E-state index in [9.17, 15) is 18.0 Å². The Hall–Kier alpha value is -0.820. The maximum Gasteiger partial charge on any atom is 0.401 e. The molecule has 0 aliphatic rings. The van der Waals surface area contributed by atoms with Gasteiger partial charge in [0.1, 0.15) is 0 Å². The smallest absolute Gasteiger partial charge is 0.313 e. The standard InChI is InChI=1S/C9H10BrF3N2O/c10-7-1-2-8(16)15(5-7)4-3-14-6-9(11,12)13/h1-2,5,14H,3-4,6H2. The largest absolute Gasteiger partial charge is 0.401 e. The molecule has 0 saturated heterocycles. The fraction of sp³-hybridized carbons (Fsp3) is 0.444. The molecule has 0 spiro atoms. The highest BCUT2D eigenvalue weighted by atomic mass is 79.9. The van der Waals surface area contributed by atoms with Crippen LogP contribution < -0.4 is 10.9 Å². The van der Waals surface area contributed by atoms with Crippen LogP contribution in [0.1, 0.15) is 0 Å². The molecule has 1 aromatic rings. The maximum absolute atomic E-state index is 11.8. The molecule has 0 aliphatic carbocycles. The fourth-order valence-corrected chi connectivity index (χ4v) is 1.49. The first kappa shape index (κ1) is 13.2. The van der Waals surface area contributed by atoms with Crippen LogP contribution in [0.4, 0.5) is 13.2 Å². The molecule has 0 aromatic carbocycles. The Labute approximate surface area is 98.4 Å². The number of hydrogen-bond acceptors (Lipinski definition) is 2. The van der Waals surface area contributed by atoms with Gasteiger partial charge in [0.05, 0.1) is 6.54 Å². The van der Waals surface area contributed by atoms with Gasteiger partial charge in [0.25, 0.3) is 5.56 Å². The van der Waals surface area contributed by atoms with Gasteiger partial charge in [-0.15, -0.1) is 0 Å². The highest BCUT2D eigenvalue weighted by Crippen LogP contribution is 2.11. The zero-order valence-electron chi connectivity index (χ0n) is 8.22. The van der Waals surface area contributed by atoms with Gasteiger partial charge < -0.3 is 9.88 Å². The lowest BCUT2D eigenvalue weighted by atomic mass is 10.4. The first-order valence-corrected chi connectivity index (χ1v) is 5.31. The predicted molar refractivity (Wildman–Crippen MR) is 57.3 cm³/mol. The summed E-state index contributed by atoms with van der Waals surface area (Å²) in [6.07, 6.45) is -2.68. The first-order valence-electron chi connectivity index (χ1n) is 4.52. The second-order valence-corrected chi connectivity index (χ2v) is 4.09. The van der Waals surface area contributed by atoms with Crippen molar-refractivity contribution in [2.45, 2.75) is 12.7 Å². The Kier molecular flexibility index (Phi) is 4.55. The minimum absolute atomic E-state index is 0.0931. The van der Waals surface area contributed by atoms with Gasteiger partial charge in [-0.1, -0.05) is 0 Å². The summed E-state index contributed by atoms with van der Waals surface area (Å²) < 4.78 is 37.4. The third-order valence-corrected chi connectivity index (χ3v) is 2.27. The van der Waals surface area contributed by atoms with Crippen LogP contribution in [-0.4, -0.2) is 23.8 Å². The van der Waals surface area contributed by atoms with Crippen LogP contribution in [0.15, 0.2) is 27.6 Å². The van der Waals surface area contributed by atoms with Gasteiger partial charge in [-0.25, -0.2) is 0 Å². The first-order chi connectivity index (χ1) is 7.38. The van der Waals surface area contributed by atoms with Gasteiger partial charge in [-0.05, 0) is 22.0 Å². The highest BCUT2D eigenvalue weighted by molar-refractivity contribution is 9.10. The van der Waals surface area contributed by atoms with Crippen molar-refractivity contribution in [1.29, 1.82) is 0 Å². The van der Waals surface area contributed by atoms with Crippen LogP contribution in [0.2, 0.25) is 0 Å². The van der Waals surface area contributed by atoms with E-state index in [0.717, 1.165) is 0 Å². The molecule has 0 saturated carbocycles. The molecule has 1 heterocycles. The number of nitrogens with zero attached hydrogens (tertiary/aromatic N) is 1. The molecule has 0 bridgehead atoms. The third kappa shape index (κ3) is 4.80. The maximum atomic E-state index is 11.8. The summed E-state index contributed by atoms with van der Waals surface area (Å²) in [5.41, 5.74) is -0.239.